The molecule has 0 radical (unpaired) electrons. The number of aliphatic hydroxyl groups is 1. The highest BCUT2D eigenvalue weighted by Crippen LogP contribution is 2.48. The summed E-state index contributed by atoms with van der Waals surface area (Å²) in [6.07, 6.45) is 0. The van der Waals surface area contributed by atoms with Gasteiger partial charge in [-0.3, -0.25) is 4.79 Å². The normalized spacial score (nSPS) is 17.6. The Morgan fingerprint density at radius 1 is 1.00 bits per heavy atom. The molecule has 32 heavy (non-hydrogen) atoms. The number of nitrogens with zero attached hydrogens (tertiary/aromatic N) is 3. The maximum absolute atomic E-state index is 13.8. The third-order valence-corrected chi connectivity index (χ3v) is 6.25. The molecule has 1 atom stereocenters. The first-order chi connectivity index (χ1) is 15.4. The molecular weight excluding hydrogens is 424 g/mol. The van der Waals surface area contributed by atoms with Gasteiger partial charge < -0.3 is 15.7 Å². The highest BCUT2D eigenvalue weighted by Gasteiger charge is 2.53. The topological polar surface area (TPSA) is 84.4 Å². The Morgan fingerprint density at radius 3 is 2.41 bits per heavy atom. The Hall–Kier alpha value is -3.61. The summed E-state index contributed by atoms with van der Waals surface area (Å²) < 4.78 is 1.55. The van der Waals surface area contributed by atoms with Gasteiger partial charge in [0.1, 0.15) is 5.82 Å². The monoisotopic (exact) mass is 444 g/mol. The molecule has 0 spiro atoms. The number of anilines is 2. The Morgan fingerprint density at radius 2 is 1.66 bits per heavy atom. The van der Waals surface area contributed by atoms with Gasteiger partial charge >= 0.3 is 0 Å². The Bertz CT molecular complexity index is 1340. The van der Waals surface area contributed by atoms with Crippen LogP contribution in [0, 0.1) is 6.92 Å². The second-order valence-corrected chi connectivity index (χ2v) is 8.21. The van der Waals surface area contributed by atoms with Crippen LogP contribution in [0.4, 0.5) is 11.5 Å². The average molecular weight is 445 g/mol. The van der Waals surface area contributed by atoms with Crippen molar-refractivity contribution in [1.82, 2.24) is 9.78 Å². The van der Waals surface area contributed by atoms with Gasteiger partial charge in [0, 0.05) is 10.6 Å². The summed E-state index contributed by atoms with van der Waals surface area (Å²) in [6.45, 7) is 1.97. The first-order valence-corrected chi connectivity index (χ1v) is 10.6. The van der Waals surface area contributed by atoms with Crippen molar-refractivity contribution in [2.75, 3.05) is 10.6 Å². The van der Waals surface area contributed by atoms with Crippen LogP contribution >= 0.6 is 11.6 Å². The molecule has 0 saturated heterocycles. The lowest BCUT2D eigenvalue weighted by atomic mass is 9.87. The number of amides is 1. The first-order valence-electron chi connectivity index (χ1n) is 10.2. The number of aromatic nitrogens is 2. The summed E-state index contributed by atoms with van der Waals surface area (Å²) in [6, 6.07) is 23.9. The fourth-order valence-electron chi connectivity index (χ4n) is 4.39. The minimum absolute atomic E-state index is 0.221. The van der Waals surface area contributed by atoms with Crippen LogP contribution in [0.1, 0.15) is 22.4 Å². The molecule has 5 rings (SSSR count). The number of fused-ring (bicyclic) bond motifs is 1. The molecule has 6 nitrogen and oxygen atoms in total. The maximum Gasteiger partial charge on any atom is 0.269 e. The second kappa shape index (κ2) is 7.51. The Balaban J connectivity index is 1.66. The van der Waals surface area contributed by atoms with E-state index in [2.05, 4.69) is 5.10 Å². The third-order valence-electron chi connectivity index (χ3n) is 5.88. The van der Waals surface area contributed by atoms with E-state index in [1.165, 1.54) is 0 Å². The summed E-state index contributed by atoms with van der Waals surface area (Å²) >= 11 is 6.35. The van der Waals surface area contributed by atoms with Crippen LogP contribution in [0.15, 0.2) is 78.9 Å². The van der Waals surface area contributed by atoms with Gasteiger partial charge in [-0.2, -0.15) is 5.10 Å². The van der Waals surface area contributed by atoms with Crippen LogP contribution in [0.5, 0.6) is 0 Å². The molecule has 4 aromatic rings. The lowest BCUT2D eigenvalue weighted by molar-refractivity contribution is -0.132. The number of nitrogen functional groups attached to an aromatic ring is 1. The molecule has 1 aliphatic heterocycles. The fraction of sp³-hybridized carbons (Fsp3) is 0.120. The first kappa shape index (κ1) is 20.3. The van der Waals surface area contributed by atoms with Crippen molar-refractivity contribution in [2.24, 2.45) is 0 Å². The van der Waals surface area contributed by atoms with Crippen molar-refractivity contribution in [3.63, 3.8) is 0 Å². The van der Waals surface area contributed by atoms with Crippen LogP contribution in [0.25, 0.3) is 5.69 Å². The van der Waals surface area contributed by atoms with Gasteiger partial charge in [0.15, 0.2) is 0 Å². The Kier molecular flexibility index (Phi) is 4.77. The van der Waals surface area contributed by atoms with E-state index in [4.69, 9.17) is 17.3 Å². The lowest BCUT2D eigenvalue weighted by Crippen LogP contribution is -2.41. The van der Waals surface area contributed by atoms with Gasteiger partial charge in [0.2, 0.25) is 5.60 Å². The van der Waals surface area contributed by atoms with Crippen molar-refractivity contribution >= 4 is 29.0 Å². The molecule has 1 unspecified atom stereocenters. The minimum atomic E-state index is -1.96. The van der Waals surface area contributed by atoms with Crippen LogP contribution in [-0.2, 0) is 16.9 Å². The molecule has 7 heteroatoms. The number of carbonyl (C=O) groups excluding carboxylic acids is 1. The van der Waals surface area contributed by atoms with Gasteiger partial charge in [-0.15, -0.1) is 0 Å². The van der Waals surface area contributed by atoms with Crippen LogP contribution in [0.3, 0.4) is 0 Å². The van der Waals surface area contributed by atoms with Crippen LogP contribution in [-0.4, -0.2) is 20.8 Å². The molecule has 0 aliphatic carbocycles. The molecule has 0 saturated carbocycles. The summed E-state index contributed by atoms with van der Waals surface area (Å²) in [7, 11) is 0. The number of para-hydroxylation sites is 2. The van der Waals surface area contributed by atoms with Gasteiger partial charge in [-0.25, -0.2) is 4.68 Å². The fourth-order valence-corrected chi connectivity index (χ4v) is 4.58. The van der Waals surface area contributed by atoms with Gasteiger partial charge in [-0.05, 0) is 36.8 Å². The van der Waals surface area contributed by atoms with E-state index in [-0.39, 0.29) is 12.4 Å². The number of carbonyl (C=O) groups is 1. The van der Waals surface area contributed by atoms with Crippen molar-refractivity contribution in [3.05, 3.63) is 106 Å². The predicted octanol–water partition coefficient (Wildman–Crippen LogP) is 4.20. The number of halogens is 1. The molecular formula is C25H21ClN4O2. The largest absolute Gasteiger partial charge is 0.383 e. The van der Waals surface area contributed by atoms with E-state index in [0.29, 0.717) is 27.5 Å². The SMILES string of the molecule is Cc1nn(-c2ccccc2)c(N)c1C1(O)C(=O)N(Cc2ccccc2Cl)c2ccccc21. The number of hydrogen-bond donors (Lipinski definition) is 2. The van der Waals surface area contributed by atoms with Crippen molar-refractivity contribution < 1.29 is 9.90 Å². The zero-order valence-electron chi connectivity index (χ0n) is 17.4. The third kappa shape index (κ3) is 2.92. The van der Waals surface area contributed by atoms with E-state index in [0.717, 1.165) is 11.3 Å². The van der Waals surface area contributed by atoms with E-state index in [1.54, 1.807) is 34.7 Å². The molecule has 0 bridgehead atoms. The smallest absolute Gasteiger partial charge is 0.269 e. The van der Waals surface area contributed by atoms with E-state index >= 15 is 0 Å². The van der Waals surface area contributed by atoms with Crippen molar-refractivity contribution in [1.29, 1.82) is 0 Å². The number of hydrogen-bond acceptors (Lipinski definition) is 4. The molecule has 1 amide bonds. The number of aryl methyl sites for hydroxylation is 1. The number of nitrogens with two attached hydrogens (primary N) is 1. The zero-order chi connectivity index (χ0) is 22.5. The van der Waals surface area contributed by atoms with Crippen LogP contribution in [0.2, 0.25) is 5.02 Å². The summed E-state index contributed by atoms with van der Waals surface area (Å²) in [5, 5.41) is 17.1. The zero-order valence-corrected chi connectivity index (χ0v) is 18.1. The number of benzene rings is 3. The van der Waals surface area contributed by atoms with Crippen molar-refractivity contribution in [3.8, 4) is 5.69 Å². The summed E-state index contributed by atoms with van der Waals surface area (Å²) in [5.41, 5.74) is 7.92. The predicted molar refractivity (Wildman–Crippen MR) is 125 cm³/mol. The molecule has 3 aromatic carbocycles. The molecule has 1 aromatic heterocycles. The van der Waals surface area contributed by atoms with E-state index in [1.807, 2.05) is 60.7 Å². The maximum atomic E-state index is 13.8. The van der Waals surface area contributed by atoms with Gasteiger partial charge in [0.25, 0.3) is 5.91 Å². The average Bonchev–Trinajstić information content (AvgIpc) is 3.22. The standard InChI is InChI=1S/C25H21ClN4O2/c1-16-22(23(27)30(28-16)18-10-3-2-4-11-18)25(32)19-12-6-8-14-21(19)29(24(25)31)15-17-9-5-7-13-20(17)26/h2-14,32H,15,27H2,1H3. The van der Waals surface area contributed by atoms with Gasteiger partial charge in [-0.1, -0.05) is 66.2 Å². The summed E-state index contributed by atoms with van der Waals surface area (Å²) in [5.74, 6) is -0.264. The highest BCUT2D eigenvalue weighted by atomic mass is 35.5. The van der Waals surface area contributed by atoms with Gasteiger partial charge in [0.05, 0.1) is 29.2 Å². The van der Waals surface area contributed by atoms with Crippen LogP contribution < -0.4 is 10.6 Å². The molecule has 1 aliphatic rings. The van der Waals surface area contributed by atoms with E-state index in [9.17, 15) is 9.90 Å². The molecule has 0 fully saturated rings. The quantitative estimate of drug-likeness (QED) is 0.494. The highest BCUT2D eigenvalue weighted by molar-refractivity contribution is 6.31. The molecule has 3 N–H and O–H groups in total. The second-order valence-electron chi connectivity index (χ2n) is 7.80. The van der Waals surface area contributed by atoms with Crippen molar-refractivity contribution in [2.45, 2.75) is 19.1 Å². The van der Waals surface area contributed by atoms with E-state index < -0.39 is 11.5 Å². The lowest BCUT2D eigenvalue weighted by Gasteiger charge is -2.24. The number of rotatable bonds is 4. The molecule has 160 valence electrons. The summed E-state index contributed by atoms with van der Waals surface area (Å²) in [4.78, 5) is 15.3. The minimum Gasteiger partial charge on any atom is -0.383 e. The Labute approximate surface area is 190 Å². The molecule has 2 heterocycles.